The lowest BCUT2D eigenvalue weighted by Gasteiger charge is -2.32. The zero-order valence-corrected chi connectivity index (χ0v) is 15.5. The summed E-state index contributed by atoms with van der Waals surface area (Å²) in [6.07, 6.45) is 9.64. The fourth-order valence-electron chi connectivity index (χ4n) is 3.63. The number of hydrogen-bond donors (Lipinski definition) is 1. The molecule has 1 aromatic carbocycles. The maximum absolute atomic E-state index is 5.59. The molecule has 0 N–H and O–H groups in total. The lowest BCUT2D eigenvalue weighted by Crippen LogP contribution is -2.32. The highest BCUT2D eigenvalue weighted by molar-refractivity contribution is 7.99. The van der Waals surface area contributed by atoms with Crippen LogP contribution in [-0.2, 0) is 6.54 Å². The highest BCUT2D eigenvalue weighted by Gasteiger charge is 2.26. The highest BCUT2D eigenvalue weighted by Crippen LogP contribution is 2.38. The summed E-state index contributed by atoms with van der Waals surface area (Å²) in [7, 11) is 1.76. The Balaban J connectivity index is 1.77. The van der Waals surface area contributed by atoms with Crippen LogP contribution in [0.3, 0.4) is 0 Å². The molecule has 0 unspecified atom stereocenters. The van der Waals surface area contributed by atoms with Crippen LogP contribution in [0.15, 0.2) is 45.4 Å². The average Bonchev–Trinajstić information content (AvgIpc) is 2.61. The summed E-state index contributed by atoms with van der Waals surface area (Å²) in [6, 6.07) is 4.23. The van der Waals surface area contributed by atoms with Crippen molar-refractivity contribution in [2.75, 3.05) is 7.11 Å². The van der Waals surface area contributed by atoms with Crippen LogP contribution in [0.25, 0.3) is 0 Å². The second-order valence-corrected chi connectivity index (χ2v) is 7.82. The van der Waals surface area contributed by atoms with Gasteiger partial charge in [0.15, 0.2) is 0 Å². The van der Waals surface area contributed by atoms with Crippen LogP contribution in [0.2, 0.25) is 0 Å². The molecule has 0 amide bonds. The van der Waals surface area contributed by atoms with E-state index in [9.17, 15) is 0 Å². The zero-order valence-electron chi connectivity index (χ0n) is 14.6. The van der Waals surface area contributed by atoms with Crippen LogP contribution in [0.1, 0.15) is 43.7 Å². The molecule has 4 heteroatoms. The Morgan fingerprint density at radius 2 is 2.08 bits per heavy atom. The van der Waals surface area contributed by atoms with E-state index in [2.05, 4.69) is 43.1 Å². The van der Waals surface area contributed by atoms with E-state index in [1.807, 2.05) is 0 Å². The number of benzene rings is 1. The monoisotopic (exact) mass is 340 g/mol. The largest absolute Gasteiger partial charge is 0.496 e. The van der Waals surface area contributed by atoms with E-state index >= 15 is 0 Å². The second kappa shape index (κ2) is 6.25. The first-order chi connectivity index (χ1) is 11.7. The molecule has 0 aromatic heterocycles. The minimum Gasteiger partial charge on any atom is -0.496 e. The molecule has 0 saturated heterocycles. The Bertz CT molecular complexity index is 817. The fraction of sp³-hybridized carbons (Fsp3) is 0.400. The first kappa shape index (κ1) is 15.7. The molecule has 3 nitrogen and oxygen atoms in total. The van der Waals surface area contributed by atoms with E-state index in [1.54, 1.807) is 7.11 Å². The molecule has 2 heterocycles. The smallest absolute Gasteiger partial charge is 0.132 e. The van der Waals surface area contributed by atoms with Crippen molar-refractivity contribution in [1.82, 2.24) is 5.01 Å². The van der Waals surface area contributed by atoms with E-state index in [1.165, 1.54) is 68.5 Å². The summed E-state index contributed by atoms with van der Waals surface area (Å²) in [5.41, 5.74) is 6.58. The first-order valence-corrected chi connectivity index (χ1v) is 9.56. The SMILES string of the molecule is COc1ccc(C)c2c1[SH]=C1C=C(C)C(C3=CCCCC3)=NN1C2. The van der Waals surface area contributed by atoms with Crippen molar-refractivity contribution in [3.05, 3.63) is 46.6 Å². The van der Waals surface area contributed by atoms with Gasteiger partial charge in [-0.2, -0.15) is 5.10 Å². The predicted octanol–water partition coefficient (Wildman–Crippen LogP) is 4.59. The van der Waals surface area contributed by atoms with Crippen LogP contribution < -0.4 is 4.74 Å². The lowest BCUT2D eigenvalue weighted by atomic mass is 9.92. The molecule has 4 rings (SSSR count). The van der Waals surface area contributed by atoms with Gasteiger partial charge in [-0.05, 0) is 73.9 Å². The normalized spacial score (nSPS) is 19.9. The molecule has 0 spiro atoms. The summed E-state index contributed by atoms with van der Waals surface area (Å²) in [5.74, 6) is 0.986. The molecule has 1 aromatic rings. The number of ether oxygens (including phenoxy) is 1. The Labute approximate surface area is 147 Å². The number of hydrogen-bond acceptors (Lipinski definition) is 3. The van der Waals surface area contributed by atoms with Crippen molar-refractivity contribution in [2.24, 2.45) is 5.10 Å². The van der Waals surface area contributed by atoms with Gasteiger partial charge in [0.25, 0.3) is 0 Å². The Kier molecular flexibility index (Phi) is 4.09. The zero-order chi connectivity index (χ0) is 16.7. The average molecular weight is 340 g/mol. The van der Waals surface area contributed by atoms with Crippen molar-refractivity contribution >= 4 is 22.1 Å². The van der Waals surface area contributed by atoms with Gasteiger partial charge in [-0.15, -0.1) is 11.4 Å². The van der Waals surface area contributed by atoms with Gasteiger partial charge < -0.3 is 4.74 Å². The van der Waals surface area contributed by atoms with E-state index < -0.39 is 0 Å². The van der Waals surface area contributed by atoms with Crippen LogP contribution in [0.4, 0.5) is 0 Å². The van der Waals surface area contributed by atoms with E-state index in [-0.39, 0.29) is 0 Å². The fourth-order valence-corrected chi connectivity index (χ4v) is 5.01. The number of thiol groups is 1. The number of allylic oxidation sites excluding steroid dienone is 3. The molecular weight excluding hydrogens is 316 g/mol. The Morgan fingerprint density at radius 3 is 2.83 bits per heavy atom. The third-order valence-electron chi connectivity index (χ3n) is 5.03. The molecule has 24 heavy (non-hydrogen) atoms. The quantitative estimate of drug-likeness (QED) is 0.629. The van der Waals surface area contributed by atoms with Gasteiger partial charge in [-0.1, -0.05) is 12.1 Å². The topological polar surface area (TPSA) is 24.8 Å². The maximum Gasteiger partial charge on any atom is 0.132 e. The van der Waals surface area contributed by atoms with Gasteiger partial charge in [0.05, 0.1) is 24.4 Å². The van der Waals surface area contributed by atoms with Gasteiger partial charge in [0.2, 0.25) is 0 Å². The number of rotatable bonds is 2. The predicted molar refractivity (Wildman–Crippen MR) is 103 cm³/mol. The molecule has 2 aliphatic heterocycles. The van der Waals surface area contributed by atoms with E-state index in [0.717, 1.165) is 18.7 Å². The summed E-state index contributed by atoms with van der Waals surface area (Å²) < 4.78 is 5.59. The lowest BCUT2D eigenvalue weighted by molar-refractivity contribution is 0.395. The van der Waals surface area contributed by atoms with Gasteiger partial charge in [-0.3, -0.25) is 5.01 Å². The van der Waals surface area contributed by atoms with Crippen LogP contribution in [-0.4, -0.2) is 22.8 Å². The van der Waals surface area contributed by atoms with Crippen molar-refractivity contribution in [1.29, 1.82) is 0 Å². The molecule has 0 radical (unpaired) electrons. The molecule has 1 aliphatic carbocycles. The van der Waals surface area contributed by atoms with Crippen molar-refractivity contribution in [3.63, 3.8) is 0 Å². The highest BCUT2D eigenvalue weighted by atomic mass is 32.1. The molecule has 0 saturated carbocycles. The first-order valence-electron chi connectivity index (χ1n) is 8.67. The van der Waals surface area contributed by atoms with Crippen LogP contribution >= 0.6 is 11.4 Å². The molecule has 126 valence electrons. The van der Waals surface area contributed by atoms with E-state index in [0.29, 0.717) is 0 Å². The number of hydrazone groups is 1. The minimum absolute atomic E-state index is 0.835. The molecule has 3 aliphatic rings. The van der Waals surface area contributed by atoms with Gasteiger partial charge in [0, 0.05) is 4.90 Å². The van der Waals surface area contributed by atoms with Gasteiger partial charge in [-0.25, -0.2) is 0 Å². The summed E-state index contributed by atoms with van der Waals surface area (Å²) in [4.78, 5) is 2.55. The van der Waals surface area contributed by atoms with Gasteiger partial charge >= 0.3 is 0 Å². The third-order valence-corrected chi connectivity index (χ3v) is 6.34. The summed E-state index contributed by atoms with van der Waals surface area (Å²) >= 11 is 1.19. The number of aryl methyl sites for hydroxylation is 1. The number of fused-ring (bicyclic) bond motifs is 2. The van der Waals surface area contributed by atoms with Crippen molar-refractivity contribution < 1.29 is 4.74 Å². The molecule has 0 atom stereocenters. The third kappa shape index (κ3) is 2.63. The standard InChI is InChI=1S/C20H24N2OS/c1-13-9-10-17(23-3)20-16(13)12-22-18(24-20)11-14(2)19(21-22)15-7-5-4-6-8-15/h7,9-11,24H,4-6,8,12H2,1-3H3. The number of nitrogens with zero attached hydrogens (tertiary/aromatic N) is 2. The Morgan fingerprint density at radius 1 is 1.21 bits per heavy atom. The molecule has 0 fully saturated rings. The molecular formula is C20H24N2OS. The number of methoxy groups -OCH3 is 1. The minimum atomic E-state index is 0.835. The van der Waals surface area contributed by atoms with Crippen LogP contribution in [0.5, 0.6) is 5.75 Å². The van der Waals surface area contributed by atoms with E-state index in [4.69, 9.17) is 9.84 Å². The van der Waals surface area contributed by atoms with Crippen molar-refractivity contribution in [2.45, 2.75) is 51.0 Å². The van der Waals surface area contributed by atoms with Gasteiger partial charge in [0.1, 0.15) is 5.75 Å². The summed E-state index contributed by atoms with van der Waals surface area (Å²) in [6.45, 7) is 5.20. The maximum atomic E-state index is 5.59. The van der Waals surface area contributed by atoms with Crippen molar-refractivity contribution in [3.8, 4) is 5.75 Å². The molecule has 0 bridgehead atoms. The second-order valence-electron chi connectivity index (χ2n) is 6.69. The van der Waals surface area contributed by atoms with Crippen LogP contribution in [0, 0.1) is 6.92 Å². The Hall–Kier alpha value is -1.81. The summed E-state index contributed by atoms with van der Waals surface area (Å²) in [5, 5.41) is 7.22.